The summed E-state index contributed by atoms with van der Waals surface area (Å²) in [5.74, 6) is 0.445. The molecule has 1 rings (SSSR count). The molecule has 0 amide bonds. The fourth-order valence-corrected chi connectivity index (χ4v) is 1.36. The number of nitrogens with two attached hydrogens (primary N) is 1. The molecule has 19 heavy (non-hydrogen) atoms. The molecule has 0 aliphatic heterocycles. The number of rotatable bonds is 8. The van der Waals surface area contributed by atoms with Crippen molar-refractivity contribution in [3.63, 3.8) is 0 Å². The number of nitrogens with zero attached hydrogens (tertiary/aromatic N) is 2. The molecule has 0 spiro atoms. The van der Waals surface area contributed by atoms with Crippen molar-refractivity contribution in [2.45, 2.75) is 26.2 Å². The van der Waals surface area contributed by atoms with E-state index >= 15 is 0 Å². The third-order valence-electron chi connectivity index (χ3n) is 2.23. The van der Waals surface area contributed by atoms with Gasteiger partial charge in [0.1, 0.15) is 5.82 Å². The van der Waals surface area contributed by atoms with Gasteiger partial charge >= 0.3 is 12.0 Å². The zero-order chi connectivity index (χ0) is 14.1. The highest BCUT2D eigenvalue weighted by atomic mass is 16.5. The predicted molar refractivity (Wildman–Crippen MR) is 69.0 cm³/mol. The Morgan fingerprint density at radius 2 is 2.00 bits per heavy atom. The second kappa shape index (κ2) is 8.12. The van der Waals surface area contributed by atoms with Gasteiger partial charge in [-0.05, 0) is 19.3 Å². The van der Waals surface area contributed by atoms with E-state index in [9.17, 15) is 4.79 Å². The standard InChI is InChI=1S/C12H19N3O4/c1-9(16)18-6-4-3-5-7-19-11-8-10(13)14-12(15-11)17-2/h8H,3-7H2,1-2H3,(H2,13,14,15). The Hall–Kier alpha value is -2.05. The predicted octanol–water partition coefficient (Wildman–Crippen LogP) is 1.18. The second-order valence-electron chi connectivity index (χ2n) is 3.87. The summed E-state index contributed by atoms with van der Waals surface area (Å²) in [5, 5.41) is 0. The monoisotopic (exact) mass is 269 g/mol. The van der Waals surface area contributed by atoms with E-state index in [2.05, 4.69) is 9.97 Å². The normalized spacial score (nSPS) is 10.0. The molecule has 1 aromatic heterocycles. The second-order valence-corrected chi connectivity index (χ2v) is 3.87. The first-order valence-electron chi connectivity index (χ1n) is 6.06. The van der Waals surface area contributed by atoms with Gasteiger partial charge < -0.3 is 19.9 Å². The summed E-state index contributed by atoms with van der Waals surface area (Å²) in [5.41, 5.74) is 5.57. The highest BCUT2D eigenvalue weighted by Crippen LogP contribution is 2.15. The average Bonchev–Trinajstić information content (AvgIpc) is 2.36. The maximum atomic E-state index is 10.5. The number of nitrogen functional groups attached to an aromatic ring is 1. The summed E-state index contributed by atoms with van der Waals surface area (Å²) in [6.45, 7) is 2.36. The molecular formula is C12H19N3O4. The average molecular weight is 269 g/mol. The molecule has 0 aliphatic rings. The van der Waals surface area contributed by atoms with Gasteiger partial charge in [-0.15, -0.1) is 0 Å². The van der Waals surface area contributed by atoms with Gasteiger partial charge in [0, 0.05) is 13.0 Å². The topological polar surface area (TPSA) is 96.6 Å². The van der Waals surface area contributed by atoms with E-state index in [-0.39, 0.29) is 12.0 Å². The number of carbonyl (C=O) groups excluding carboxylic acids is 1. The van der Waals surface area contributed by atoms with Crippen molar-refractivity contribution in [2.24, 2.45) is 0 Å². The number of hydrogen-bond acceptors (Lipinski definition) is 7. The number of methoxy groups -OCH3 is 1. The third kappa shape index (κ3) is 6.44. The van der Waals surface area contributed by atoms with Crippen molar-refractivity contribution >= 4 is 11.8 Å². The SMILES string of the molecule is COc1nc(N)cc(OCCCCCOC(C)=O)n1. The molecule has 0 unspecified atom stereocenters. The minimum absolute atomic E-state index is 0.185. The maximum absolute atomic E-state index is 10.5. The Morgan fingerprint density at radius 1 is 1.26 bits per heavy atom. The van der Waals surface area contributed by atoms with Gasteiger partial charge in [-0.1, -0.05) is 0 Å². The number of hydrogen-bond donors (Lipinski definition) is 1. The van der Waals surface area contributed by atoms with Gasteiger partial charge in [-0.3, -0.25) is 4.79 Å². The zero-order valence-electron chi connectivity index (χ0n) is 11.2. The molecule has 1 heterocycles. The Morgan fingerprint density at radius 3 is 2.68 bits per heavy atom. The first-order valence-corrected chi connectivity index (χ1v) is 6.06. The molecule has 0 fully saturated rings. The lowest BCUT2D eigenvalue weighted by molar-refractivity contribution is -0.141. The Bertz CT molecular complexity index is 412. The van der Waals surface area contributed by atoms with E-state index in [1.54, 1.807) is 6.07 Å². The van der Waals surface area contributed by atoms with Gasteiger partial charge in [0.2, 0.25) is 5.88 Å². The maximum Gasteiger partial charge on any atom is 0.321 e. The largest absolute Gasteiger partial charge is 0.477 e. The number of ether oxygens (including phenoxy) is 3. The van der Waals surface area contributed by atoms with E-state index < -0.39 is 0 Å². The van der Waals surface area contributed by atoms with Crippen LogP contribution in [0.25, 0.3) is 0 Å². The highest BCUT2D eigenvalue weighted by Gasteiger charge is 2.03. The molecule has 106 valence electrons. The van der Waals surface area contributed by atoms with E-state index in [0.717, 1.165) is 19.3 Å². The summed E-state index contributed by atoms with van der Waals surface area (Å²) >= 11 is 0. The molecule has 0 bridgehead atoms. The highest BCUT2D eigenvalue weighted by molar-refractivity contribution is 5.65. The van der Waals surface area contributed by atoms with E-state index in [1.807, 2.05) is 0 Å². The smallest absolute Gasteiger partial charge is 0.321 e. The van der Waals surface area contributed by atoms with Crippen LogP contribution >= 0.6 is 0 Å². The van der Waals surface area contributed by atoms with Crippen molar-refractivity contribution < 1.29 is 19.0 Å². The van der Waals surface area contributed by atoms with Crippen LogP contribution in [-0.4, -0.2) is 36.3 Å². The van der Waals surface area contributed by atoms with Crippen LogP contribution in [-0.2, 0) is 9.53 Å². The minimum atomic E-state index is -0.250. The summed E-state index contributed by atoms with van der Waals surface area (Å²) in [6, 6.07) is 1.73. The molecule has 2 N–H and O–H groups in total. The summed E-state index contributed by atoms with van der Waals surface area (Å²) in [7, 11) is 1.47. The molecule has 0 saturated carbocycles. The van der Waals surface area contributed by atoms with Crippen LogP contribution in [0.4, 0.5) is 5.82 Å². The zero-order valence-corrected chi connectivity index (χ0v) is 11.2. The first kappa shape index (κ1) is 15.0. The van der Waals surface area contributed by atoms with Crippen LogP contribution in [0.2, 0.25) is 0 Å². The number of aromatic nitrogens is 2. The van der Waals surface area contributed by atoms with Gasteiger partial charge in [0.25, 0.3) is 0 Å². The van der Waals surface area contributed by atoms with E-state index in [0.29, 0.717) is 24.9 Å². The number of anilines is 1. The van der Waals surface area contributed by atoms with Crippen LogP contribution in [0.3, 0.4) is 0 Å². The molecular weight excluding hydrogens is 250 g/mol. The number of carbonyl (C=O) groups is 1. The van der Waals surface area contributed by atoms with Crippen molar-refractivity contribution in [3.8, 4) is 11.9 Å². The van der Waals surface area contributed by atoms with Gasteiger partial charge in [-0.2, -0.15) is 9.97 Å². The summed E-state index contributed by atoms with van der Waals surface area (Å²) in [4.78, 5) is 18.4. The van der Waals surface area contributed by atoms with E-state index in [4.69, 9.17) is 19.9 Å². The summed E-state index contributed by atoms with van der Waals surface area (Å²) in [6.07, 6.45) is 2.57. The Labute approximate surface area is 112 Å². The lowest BCUT2D eigenvalue weighted by Gasteiger charge is -2.07. The fourth-order valence-electron chi connectivity index (χ4n) is 1.36. The fraction of sp³-hybridized carbons (Fsp3) is 0.583. The quantitative estimate of drug-likeness (QED) is 0.559. The lowest BCUT2D eigenvalue weighted by atomic mass is 10.2. The number of unbranched alkanes of at least 4 members (excludes halogenated alkanes) is 2. The molecule has 0 aliphatic carbocycles. The van der Waals surface area contributed by atoms with Crippen molar-refractivity contribution in [2.75, 3.05) is 26.1 Å². The van der Waals surface area contributed by atoms with Crippen LogP contribution < -0.4 is 15.2 Å². The Kier molecular flexibility index (Phi) is 6.42. The van der Waals surface area contributed by atoms with Crippen molar-refractivity contribution in [1.82, 2.24) is 9.97 Å². The molecule has 0 saturated heterocycles. The molecule has 7 nitrogen and oxygen atoms in total. The summed E-state index contributed by atoms with van der Waals surface area (Å²) < 4.78 is 15.1. The Balaban J connectivity index is 2.18. The molecule has 1 aromatic rings. The van der Waals surface area contributed by atoms with E-state index in [1.165, 1.54) is 14.0 Å². The minimum Gasteiger partial charge on any atom is -0.477 e. The number of esters is 1. The van der Waals surface area contributed by atoms with Crippen molar-refractivity contribution in [3.05, 3.63) is 6.07 Å². The molecule has 7 heteroatoms. The molecule has 0 radical (unpaired) electrons. The molecule has 0 aromatic carbocycles. The third-order valence-corrected chi connectivity index (χ3v) is 2.23. The van der Waals surface area contributed by atoms with Gasteiger partial charge in [0.05, 0.1) is 20.3 Å². The van der Waals surface area contributed by atoms with Crippen LogP contribution in [0, 0.1) is 0 Å². The lowest BCUT2D eigenvalue weighted by Crippen LogP contribution is -2.04. The van der Waals surface area contributed by atoms with Crippen LogP contribution in [0.1, 0.15) is 26.2 Å². The van der Waals surface area contributed by atoms with Crippen molar-refractivity contribution in [1.29, 1.82) is 0 Å². The molecule has 0 atom stereocenters. The van der Waals surface area contributed by atoms with Crippen LogP contribution in [0.15, 0.2) is 6.07 Å². The van der Waals surface area contributed by atoms with Crippen LogP contribution in [0.5, 0.6) is 11.9 Å². The van der Waals surface area contributed by atoms with Gasteiger partial charge in [0.15, 0.2) is 0 Å². The van der Waals surface area contributed by atoms with Gasteiger partial charge in [-0.25, -0.2) is 0 Å². The first-order chi connectivity index (χ1) is 9.11.